The van der Waals surface area contributed by atoms with Crippen molar-refractivity contribution in [2.45, 2.75) is 19.1 Å². The van der Waals surface area contributed by atoms with Crippen molar-refractivity contribution < 1.29 is 9.84 Å². The summed E-state index contributed by atoms with van der Waals surface area (Å²) in [4.78, 5) is 2.63. The molecule has 1 heterocycles. The Labute approximate surface area is 83.7 Å². The largest absolute Gasteiger partial charge is 0.394 e. The number of rotatable bonds is 3. The molecule has 0 spiro atoms. The Morgan fingerprint density at radius 1 is 1.85 bits per heavy atom. The highest BCUT2D eigenvalue weighted by atomic mass is 32.1. The average molecular weight is 204 g/mol. The maximum absolute atomic E-state index is 8.91. The standard InChI is InChI=1S/C8H16N2O2S/c1-6(8(9)13)10-2-3-12-7(4-10)5-11/h6-7,11H,2-5H2,1H3,(H2,9,13). The highest BCUT2D eigenvalue weighted by Gasteiger charge is 2.24. The van der Waals surface area contributed by atoms with Crippen LogP contribution in [0.3, 0.4) is 0 Å². The Balaban J connectivity index is 2.46. The molecule has 76 valence electrons. The van der Waals surface area contributed by atoms with E-state index in [0.29, 0.717) is 18.1 Å². The van der Waals surface area contributed by atoms with E-state index in [-0.39, 0.29) is 18.8 Å². The first-order valence-electron chi connectivity index (χ1n) is 4.41. The van der Waals surface area contributed by atoms with E-state index in [1.54, 1.807) is 0 Å². The third kappa shape index (κ3) is 2.87. The molecule has 2 unspecified atom stereocenters. The summed E-state index contributed by atoms with van der Waals surface area (Å²) in [5, 5.41) is 8.91. The molecule has 1 rings (SSSR count). The maximum Gasteiger partial charge on any atom is 0.0933 e. The van der Waals surface area contributed by atoms with E-state index in [1.807, 2.05) is 6.92 Å². The third-order valence-electron chi connectivity index (χ3n) is 2.33. The first-order valence-corrected chi connectivity index (χ1v) is 4.81. The van der Waals surface area contributed by atoms with Crippen LogP contribution >= 0.6 is 12.2 Å². The van der Waals surface area contributed by atoms with Gasteiger partial charge in [0.2, 0.25) is 0 Å². The topological polar surface area (TPSA) is 58.7 Å². The van der Waals surface area contributed by atoms with Gasteiger partial charge in [-0.05, 0) is 6.92 Å². The molecular weight excluding hydrogens is 188 g/mol. The average Bonchev–Trinajstić information content (AvgIpc) is 2.16. The Bertz CT molecular complexity index is 189. The Morgan fingerprint density at radius 3 is 3.08 bits per heavy atom. The molecule has 5 heteroatoms. The second kappa shape index (κ2) is 4.85. The molecule has 1 aliphatic rings. The molecule has 0 bridgehead atoms. The van der Waals surface area contributed by atoms with Gasteiger partial charge in [-0.25, -0.2) is 0 Å². The molecule has 0 radical (unpaired) electrons. The predicted octanol–water partition coefficient (Wildman–Crippen LogP) is -0.646. The molecule has 0 aromatic rings. The van der Waals surface area contributed by atoms with Crippen LogP contribution in [-0.2, 0) is 4.74 Å². The summed E-state index contributed by atoms with van der Waals surface area (Å²) in [7, 11) is 0. The van der Waals surface area contributed by atoms with Crippen molar-refractivity contribution in [3.05, 3.63) is 0 Å². The van der Waals surface area contributed by atoms with Gasteiger partial charge in [-0.2, -0.15) is 0 Å². The van der Waals surface area contributed by atoms with Gasteiger partial charge >= 0.3 is 0 Å². The molecule has 1 fully saturated rings. The quantitative estimate of drug-likeness (QED) is 0.599. The minimum absolute atomic E-state index is 0.0561. The molecule has 4 nitrogen and oxygen atoms in total. The Morgan fingerprint density at radius 2 is 2.54 bits per heavy atom. The lowest BCUT2D eigenvalue weighted by Crippen LogP contribution is -2.51. The van der Waals surface area contributed by atoms with Gasteiger partial charge in [-0.3, -0.25) is 4.90 Å². The number of aliphatic hydroxyl groups is 1. The fourth-order valence-corrected chi connectivity index (χ4v) is 1.53. The number of nitrogens with two attached hydrogens (primary N) is 1. The van der Waals surface area contributed by atoms with E-state index in [9.17, 15) is 0 Å². The van der Waals surface area contributed by atoms with Crippen LogP contribution in [0.25, 0.3) is 0 Å². The highest BCUT2D eigenvalue weighted by Crippen LogP contribution is 2.08. The van der Waals surface area contributed by atoms with Crippen LogP contribution in [0.15, 0.2) is 0 Å². The van der Waals surface area contributed by atoms with Crippen molar-refractivity contribution >= 4 is 17.2 Å². The normalized spacial score (nSPS) is 27.1. The molecule has 3 N–H and O–H groups in total. The summed E-state index contributed by atoms with van der Waals surface area (Å²) in [6.45, 7) is 4.20. The van der Waals surface area contributed by atoms with Gasteiger partial charge in [0.15, 0.2) is 0 Å². The van der Waals surface area contributed by atoms with Gasteiger partial charge in [0, 0.05) is 13.1 Å². The van der Waals surface area contributed by atoms with Gasteiger partial charge in [0.25, 0.3) is 0 Å². The van der Waals surface area contributed by atoms with Crippen molar-refractivity contribution in [3.8, 4) is 0 Å². The molecule has 0 saturated carbocycles. The number of aliphatic hydroxyl groups excluding tert-OH is 1. The van der Waals surface area contributed by atoms with Crippen LogP contribution in [0.4, 0.5) is 0 Å². The van der Waals surface area contributed by atoms with E-state index < -0.39 is 0 Å². The van der Waals surface area contributed by atoms with Gasteiger partial charge in [-0.15, -0.1) is 0 Å². The summed E-state index contributed by atoms with van der Waals surface area (Å²) >= 11 is 4.91. The zero-order chi connectivity index (χ0) is 9.84. The monoisotopic (exact) mass is 204 g/mol. The number of hydrogen-bond donors (Lipinski definition) is 2. The fourth-order valence-electron chi connectivity index (χ4n) is 1.38. The van der Waals surface area contributed by atoms with Gasteiger partial charge < -0.3 is 15.6 Å². The van der Waals surface area contributed by atoms with E-state index in [1.165, 1.54) is 0 Å². The lowest BCUT2D eigenvalue weighted by molar-refractivity contribution is -0.0562. The molecule has 2 atom stereocenters. The third-order valence-corrected chi connectivity index (χ3v) is 2.67. The van der Waals surface area contributed by atoms with Crippen molar-refractivity contribution in [3.63, 3.8) is 0 Å². The highest BCUT2D eigenvalue weighted by molar-refractivity contribution is 7.80. The summed E-state index contributed by atoms with van der Waals surface area (Å²) in [6.07, 6.45) is -0.0921. The fraction of sp³-hybridized carbons (Fsp3) is 0.875. The number of hydrogen-bond acceptors (Lipinski definition) is 4. The first kappa shape index (κ1) is 10.8. The SMILES string of the molecule is CC(C(N)=S)N1CCOC(CO)C1. The van der Waals surface area contributed by atoms with E-state index >= 15 is 0 Å². The van der Waals surface area contributed by atoms with Gasteiger partial charge in [0.05, 0.1) is 30.3 Å². The van der Waals surface area contributed by atoms with Gasteiger partial charge in [-0.1, -0.05) is 12.2 Å². The maximum atomic E-state index is 8.91. The minimum atomic E-state index is -0.0921. The molecule has 0 aromatic heterocycles. The first-order chi connectivity index (χ1) is 6.15. The minimum Gasteiger partial charge on any atom is -0.394 e. The van der Waals surface area contributed by atoms with Crippen molar-refractivity contribution in [2.24, 2.45) is 5.73 Å². The zero-order valence-corrected chi connectivity index (χ0v) is 8.59. The van der Waals surface area contributed by atoms with Crippen molar-refractivity contribution in [2.75, 3.05) is 26.3 Å². The molecule has 1 aliphatic heterocycles. The molecular formula is C8H16N2O2S. The van der Waals surface area contributed by atoms with Crippen LogP contribution in [0.2, 0.25) is 0 Å². The molecule has 0 aromatic carbocycles. The van der Waals surface area contributed by atoms with Crippen LogP contribution in [0, 0.1) is 0 Å². The predicted molar refractivity (Wildman–Crippen MR) is 54.6 cm³/mol. The molecule has 0 aliphatic carbocycles. The van der Waals surface area contributed by atoms with E-state index in [2.05, 4.69) is 4.90 Å². The Kier molecular flexibility index (Phi) is 4.05. The van der Waals surface area contributed by atoms with Crippen LogP contribution in [0.1, 0.15) is 6.92 Å². The van der Waals surface area contributed by atoms with Gasteiger partial charge in [0.1, 0.15) is 0 Å². The summed E-state index contributed by atoms with van der Waals surface area (Å²) in [5.74, 6) is 0. The zero-order valence-electron chi connectivity index (χ0n) is 7.77. The summed E-state index contributed by atoms with van der Waals surface area (Å²) in [6, 6.07) is 0.0907. The number of nitrogens with zero attached hydrogens (tertiary/aromatic N) is 1. The Hall–Kier alpha value is -0.230. The summed E-state index contributed by atoms with van der Waals surface area (Å²) < 4.78 is 5.31. The molecule has 0 amide bonds. The van der Waals surface area contributed by atoms with Crippen molar-refractivity contribution in [1.82, 2.24) is 4.90 Å². The van der Waals surface area contributed by atoms with Crippen LogP contribution < -0.4 is 5.73 Å². The van der Waals surface area contributed by atoms with E-state index in [0.717, 1.165) is 6.54 Å². The van der Waals surface area contributed by atoms with Crippen LogP contribution in [-0.4, -0.2) is 53.4 Å². The lowest BCUT2D eigenvalue weighted by atomic mass is 10.2. The second-order valence-corrected chi connectivity index (χ2v) is 3.72. The van der Waals surface area contributed by atoms with Crippen molar-refractivity contribution in [1.29, 1.82) is 0 Å². The number of morpholine rings is 1. The lowest BCUT2D eigenvalue weighted by Gasteiger charge is -2.35. The summed E-state index contributed by atoms with van der Waals surface area (Å²) in [5.41, 5.74) is 5.54. The number of ether oxygens (including phenoxy) is 1. The molecule has 13 heavy (non-hydrogen) atoms. The molecule has 1 saturated heterocycles. The number of thiocarbonyl (C=S) groups is 1. The van der Waals surface area contributed by atoms with Crippen LogP contribution in [0.5, 0.6) is 0 Å². The van der Waals surface area contributed by atoms with E-state index in [4.69, 9.17) is 27.8 Å². The smallest absolute Gasteiger partial charge is 0.0933 e. The second-order valence-electron chi connectivity index (χ2n) is 3.25.